The standard InChI is InChI=1S/C16H9ClF2N2O2S/c17-10-3-2-9(18)7-12(10)20-16-21-15(23)14(24-16)6-8-1-4-13(22)11(19)5-8/h1-7,22H,(H,20,21,23)/b14-6-. The number of amides is 1. The fraction of sp³-hybridized carbons (Fsp3) is 0. The zero-order chi connectivity index (χ0) is 17.3. The Labute approximate surface area is 144 Å². The fourth-order valence-electron chi connectivity index (χ4n) is 1.93. The van der Waals surface area contributed by atoms with E-state index in [1.54, 1.807) is 0 Å². The Morgan fingerprint density at radius 2 is 2.00 bits per heavy atom. The van der Waals surface area contributed by atoms with E-state index in [-0.39, 0.29) is 20.8 Å². The number of nitrogens with one attached hydrogen (secondary N) is 1. The normalized spacial score (nSPS) is 17.5. The number of rotatable bonds is 2. The third kappa shape index (κ3) is 3.58. The molecule has 3 rings (SSSR count). The smallest absolute Gasteiger partial charge is 0.264 e. The molecule has 122 valence electrons. The van der Waals surface area contributed by atoms with Crippen molar-refractivity contribution >= 4 is 46.2 Å². The molecule has 8 heteroatoms. The Bertz CT molecular complexity index is 900. The van der Waals surface area contributed by atoms with Gasteiger partial charge in [-0.3, -0.25) is 4.79 Å². The summed E-state index contributed by atoms with van der Waals surface area (Å²) in [6.45, 7) is 0. The molecule has 1 amide bonds. The third-order valence-corrected chi connectivity index (χ3v) is 4.28. The number of phenols is 1. The van der Waals surface area contributed by atoms with Crippen molar-refractivity contribution in [3.05, 3.63) is 63.5 Å². The topological polar surface area (TPSA) is 61.7 Å². The first-order chi connectivity index (χ1) is 11.4. The van der Waals surface area contributed by atoms with E-state index in [2.05, 4.69) is 10.3 Å². The van der Waals surface area contributed by atoms with Gasteiger partial charge in [-0.05, 0) is 47.7 Å². The van der Waals surface area contributed by atoms with Crippen molar-refractivity contribution in [3.8, 4) is 5.75 Å². The minimum Gasteiger partial charge on any atom is -0.505 e. The van der Waals surface area contributed by atoms with E-state index in [0.29, 0.717) is 5.56 Å². The lowest BCUT2D eigenvalue weighted by molar-refractivity contribution is -0.115. The third-order valence-electron chi connectivity index (χ3n) is 3.05. The maximum absolute atomic E-state index is 13.3. The summed E-state index contributed by atoms with van der Waals surface area (Å²) < 4.78 is 26.6. The molecular formula is C16H9ClF2N2O2S. The van der Waals surface area contributed by atoms with Crippen molar-refractivity contribution in [1.82, 2.24) is 5.32 Å². The first-order valence-electron chi connectivity index (χ1n) is 6.65. The number of hydrogen-bond donors (Lipinski definition) is 2. The molecule has 4 nitrogen and oxygen atoms in total. The van der Waals surface area contributed by atoms with Crippen molar-refractivity contribution in [1.29, 1.82) is 0 Å². The maximum Gasteiger partial charge on any atom is 0.264 e. The number of nitrogens with zero attached hydrogens (tertiary/aromatic N) is 1. The minimum absolute atomic E-state index is 0.191. The Morgan fingerprint density at radius 3 is 2.75 bits per heavy atom. The molecule has 1 fully saturated rings. The largest absolute Gasteiger partial charge is 0.505 e. The lowest BCUT2D eigenvalue weighted by Gasteiger charge is -1.99. The molecule has 1 heterocycles. The summed E-state index contributed by atoms with van der Waals surface area (Å²) >= 11 is 6.95. The SMILES string of the molecule is O=C1N/C(=N/c2cc(F)ccc2Cl)S/C1=C\c1ccc(O)c(F)c1. The highest BCUT2D eigenvalue weighted by Crippen LogP contribution is 2.31. The van der Waals surface area contributed by atoms with Gasteiger partial charge >= 0.3 is 0 Å². The molecule has 0 aliphatic carbocycles. The highest BCUT2D eigenvalue weighted by Gasteiger charge is 2.24. The van der Waals surface area contributed by atoms with E-state index in [9.17, 15) is 13.6 Å². The molecule has 0 bridgehead atoms. The Hall–Kier alpha value is -2.38. The van der Waals surface area contributed by atoms with Gasteiger partial charge in [0, 0.05) is 6.07 Å². The maximum atomic E-state index is 13.3. The first-order valence-corrected chi connectivity index (χ1v) is 7.85. The quantitative estimate of drug-likeness (QED) is 0.782. The molecule has 0 atom stereocenters. The van der Waals surface area contributed by atoms with Crippen LogP contribution in [0.4, 0.5) is 14.5 Å². The zero-order valence-electron chi connectivity index (χ0n) is 11.9. The number of phenolic OH excluding ortho intramolecular Hbond substituents is 1. The van der Waals surface area contributed by atoms with Crippen molar-refractivity contribution in [2.45, 2.75) is 0 Å². The molecule has 24 heavy (non-hydrogen) atoms. The van der Waals surface area contributed by atoms with E-state index in [1.807, 2.05) is 0 Å². The van der Waals surface area contributed by atoms with Crippen LogP contribution >= 0.6 is 23.4 Å². The van der Waals surface area contributed by atoms with Gasteiger partial charge < -0.3 is 10.4 Å². The van der Waals surface area contributed by atoms with Gasteiger partial charge in [-0.15, -0.1) is 0 Å². The Balaban J connectivity index is 1.87. The van der Waals surface area contributed by atoms with E-state index >= 15 is 0 Å². The molecule has 0 spiro atoms. The van der Waals surface area contributed by atoms with Crippen LogP contribution in [0, 0.1) is 11.6 Å². The summed E-state index contributed by atoms with van der Waals surface area (Å²) in [5.74, 6) is -2.17. The van der Waals surface area contributed by atoms with Gasteiger partial charge in [0.2, 0.25) is 0 Å². The second-order valence-corrected chi connectivity index (χ2v) is 6.23. The average Bonchev–Trinajstić information content (AvgIpc) is 2.86. The van der Waals surface area contributed by atoms with E-state index < -0.39 is 23.3 Å². The number of aliphatic imine (C=N–C) groups is 1. The molecular weight excluding hydrogens is 358 g/mol. The van der Waals surface area contributed by atoms with Crippen LogP contribution in [0.1, 0.15) is 5.56 Å². The van der Waals surface area contributed by atoms with Gasteiger partial charge in [0.15, 0.2) is 16.7 Å². The van der Waals surface area contributed by atoms with Crippen LogP contribution in [0.25, 0.3) is 6.08 Å². The van der Waals surface area contributed by atoms with Gasteiger partial charge in [-0.25, -0.2) is 13.8 Å². The fourth-order valence-corrected chi connectivity index (χ4v) is 2.92. The highest BCUT2D eigenvalue weighted by molar-refractivity contribution is 8.18. The summed E-state index contributed by atoms with van der Waals surface area (Å²) in [6.07, 6.45) is 1.46. The van der Waals surface area contributed by atoms with Crippen molar-refractivity contribution in [2.24, 2.45) is 4.99 Å². The molecule has 0 radical (unpaired) electrons. The molecule has 1 aliphatic heterocycles. The second-order valence-electron chi connectivity index (χ2n) is 4.79. The summed E-state index contributed by atoms with van der Waals surface area (Å²) in [5.41, 5.74) is 0.601. The number of aromatic hydroxyl groups is 1. The first kappa shape index (κ1) is 16.5. The van der Waals surface area contributed by atoms with E-state index in [0.717, 1.165) is 23.9 Å². The van der Waals surface area contributed by atoms with E-state index in [4.69, 9.17) is 16.7 Å². The van der Waals surface area contributed by atoms with Crippen molar-refractivity contribution < 1.29 is 18.7 Å². The van der Waals surface area contributed by atoms with Gasteiger partial charge in [-0.1, -0.05) is 17.7 Å². The minimum atomic E-state index is -0.784. The van der Waals surface area contributed by atoms with Crippen LogP contribution < -0.4 is 5.32 Å². The lowest BCUT2D eigenvalue weighted by Crippen LogP contribution is -2.19. The molecule has 2 aromatic carbocycles. The summed E-state index contributed by atoms with van der Waals surface area (Å²) in [4.78, 5) is 16.3. The molecule has 1 aliphatic rings. The number of thioether (sulfide) groups is 1. The number of carbonyl (C=O) groups is 1. The molecule has 2 aromatic rings. The van der Waals surface area contributed by atoms with Crippen LogP contribution in [0.2, 0.25) is 5.02 Å². The molecule has 0 saturated carbocycles. The average molecular weight is 367 g/mol. The molecule has 0 unspecified atom stereocenters. The number of amidine groups is 1. The number of carbonyl (C=O) groups excluding carboxylic acids is 1. The lowest BCUT2D eigenvalue weighted by atomic mass is 10.2. The van der Waals surface area contributed by atoms with Gasteiger partial charge in [0.1, 0.15) is 5.82 Å². The van der Waals surface area contributed by atoms with E-state index in [1.165, 1.54) is 30.3 Å². The van der Waals surface area contributed by atoms with Crippen molar-refractivity contribution in [3.63, 3.8) is 0 Å². The number of hydrogen-bond acceptors (Lipinski definition) is 4. The second kappa shape index (κ2) is 6.62. The molecule has 2 N–H and O–H groups in total. The summed E-state index contributed by atoms with van der Waals surface area (Å²) in [5, 5.41) is 12.2. The molecule has 0 aromatic heterocycles. The van der Waals surface area contributed by atoms with Crippen LogP contribution in [0.5, 0.6) is 5.75 Å². The predicted molar refractivity (Wildman–Crippen MR) is 90.3 cm³/mol. The Kier molecular flexibility index (Phi) is 4.55. The van der Waals surface area contributed by atoms with Gasteiger partial charge in [-0.2, -0.15) is 0 Å². The monoisotopic (exact) mass is 366 g/mol. The zero-order valence-corrected chi connectivity index (χ0v) is 13.5. The van der Waals surface area contributed by atoms with Crippen LogP contribution in [-0.4, -0.2) is 16.2 Å². The molecule has 1 saturated heterocycles. The van der Waals surface area contributed by atoms with Crippen LogP contribution in [-0.2, 0) is 4.79 Å². The predicted octanol–water partition coefficient (Wildman–Crippen LogP) is 4.22. The van der Waals surface area contributed by atoms with Crippen LogP contribution in [0.3, 0.4) is 0 Å². The van der Waals surface area contributed by atoms with Gasteiger partial charge in [0.05, 0.1) is 15.6 Å². The highest BCUT2D eigenvalue weighted by atomic mass is 35.5. The summed E-state index contributed by atoms with van der Waals surface area (Å²) in [6, 6.07) is 7.50. The summed E-state index contributed by atoms with van der Waals surface area (Å²) in [7, 11) is 0. The number of halogens is 3. The van der Waals surface area contributed by atoms with Crippen molar-refractivity contribution in [2.75, 3.05) is 0 Å². The van der Waals surface area contributed by atoms with Gasteiger partial charge in [0.25, 0.3) is 5.91 Å². The van der Waals surface area contributed by atoms with Crippen LogP contribution in [0.15, 0.2) is 46.3 Å². The number of benzene rings is 2. The Morgan fingerprint density at radius 1 is 1.21 bits per heavy atom.